The second kappa shape index (κ2) is 3.44. The zero-order valence-electron chi connectivity index (χ0n) is 7.57. The summed E-state index contributed by atoms with van der Waals surface area (Å²) >= 11 is 0. The van der Waals surface area contributed by atoms with Crippen molar-refractivity contribution in [3.63, 3.8) is 0 Å². The summed E-state index contributed by atoms with van der Waals surface area (Å²) in [7, 11) is 0. The van der Waals surface area contributed by atoms with E-state index in [1.807, 2.05) is 0 Å². The first-order valence-corrected chi connectivity index (χ1v) is 3.91. The van der Waals surface area contributed by atoms with E-state index in [1.165, 1.54) is 0 Å². The van der Waals surface area contributed by atoms with E-state index in [0.717, 1.165) is 0 Å². The highest BCUT2D eigenvalue weighted by atomic mass is 19.4. The SMILES string of the molecule is CC(O)(c1ccc(F)c(F)c1)C(F)(F)F. The van der Waals surface area contributed by atoms with Crippen LogP contribution in [0.4, 0.5) is 22.0 Å². The molecular formula is C9H7F5O. The first-order chi connectivity index (χ1) is 6.66. The lowest BCUT2D eigenvalue weighted by Crippen LogP contribution is -2.39. The molecule has 0 saturated heterocycles. The fraction of sp³-hybridized carbons (Fsp3) is 0.333. The topological polar surface area (TPSA) is 20.2 Å². The van der Waals surface area contributed by atoms with Crippen molar-refractivity contribution in [1.82, 2.24) is 0 Å². The Hall–Kier alpha value is -1.17. The number of halogens is 5. The van der Waals surface area contributed by atoms with Crippen molar-refractivity contribution in [3.8, 4) is 0 Å². The predicted molar refractivity (Wildman–Crippen MR) is 42.0 cm³/mol. The lowest BCUT2D eigenvalue weighted by atomic mass is 9.95. The molecule has 6 heteroatoms. The number of aliphatic hydroxyl groups is 1. The highest BCUT2D eigenvalue weighted by molar-refractivity contribution is 5.25. The Morgan fingerprint density at radius 3 is 2.00 bits per heavy atom. The zero-order chi connectivity index (χ0) is 11.9. The maximum Gasteiger partial charge on any atom is 0.421 e. The molecule has 0 aromatic heterocycles. The number of benzene rings is 1. The summed E-state index contributed by atoms with van der Waals surface area (Å²) in [5.74, 6) is -2.70. The van der Waals surface area contributed by atoms with Crippen molar-refractivity contribution < 1.29 is 27.1 Å². The summed E-state index contributed by atoms with van der Waals surface area (Å²) in [4.78, 5) is 0. The van der Waals surface area contributed by atoms with Crippen LogP contribution in [0, 0.1) is 11.6 Å². The van der Waals surface area contributed by atoms with Gasteiger partial charge < -0.3 is 5.11 Å². The third-order valence-electron chi connectivity index (χ3n) is 2.03. The van der Waals surface area contributed by atoms with Gasteiger partial charge in [0.2, 0.25) is 0 Å². The predicted octanol–water partition coefficient (Wildman–Crippen LogP) is 2.73. The maximum absolute atomic E-state index is 12.6. The van der Waals surface area contributed by atoms with Gasteiger partial charge in [-0.3, -0.25) is 0 Å². The summed E-state index contributed by atoms with van der Waals surface area (Å²) in [6.45, 7) is 0.472. The molecule has 0 aliphatic rings. The molecule has 15 heavy (non-hydrogen) atoms. The van der Waals surface area contributed by atoms with E-state index < -0.39 is 29.0 Å². The monoisotopic (exact) mass is 226 g/mol. The zero-order valence-corrected chi connectivity index (χ0v) is 7.57. The molecule has 0 radical (unpaired) electrons. The van der Waals surface area contributed by atoms with Crippen molar-refractivity contribution in [1.29, 1.82) is 0 Å². The fourth-order valence-electron chi connectivity index (χ4n) is 0.963. The first-order valence-electron chi connectivity index (χ1n) is 3.91. The minimum Gasteiger partial charge on any atom is -0.376 e. The molecule has 1 nitrogen and oxygen atoms in total. The molecule has 84 valence electrons. The summed E-state index contributed by atoms with van der Waals surface area (Å²) < 4.78 is 61.9. The lowest BCUT2D eigenvalue weighted by Gasteiger charge is -2.26. The molecule has 1 aromatic rings. The van der Waals surface area contributed by atoms with Gasteiger partial charge in [-0.25, -0.2) is 8.78 Å². The normalized spacial score (nSPS) is 16.2. The van der Waals surface area contributed by atoms with E-state index in [1.54, 1.807) is 0 Å². The molecule has 0 aliphatic heterocycles. The molecule has 0 spiro atoms. The van der Waals surface area contributed by atoms with Crippen LogP contribution in [0.5, 0.6) is 0 Å². The van der Waals surface area contributed by atoms with Gasteiger partial charge in [0.25, 0.3) is 0 Å². The molecule has 0 heterocycles. The van der Waals surface area contributed by atoms with E-state index >= 15 is 0 Å². The molecule has 0 bridgehead atoms. The van der Waals surface area contributed by atoms with Crippen LogP contribution in [-0.4, -0.2) is 11.3 Å². The van der Waals surface area contributed by atoms with Crippen LogP contribution in [0.25, 0.3) is 0 Å². The quantitative estimate of drug-likeness (QED) is 0.730. The average molecular weight is 226 g/mol. The van der Waals surface area contributed by atoms with Crippen molar-refractivity contribution in [3.05, 3.63) is 35.4 Å². The summed E-state index contributed by atoms with van der Waals surface area (Å²) in [6.07, 6.45) is -4.95. The average Bonchev–Trinajstić information content (AvgIpc) is 2.07. The van der Waals surface area contributed by atoms with Crippen LogP contribution >= 0.6 is 0 Å². The summed E-state index contributed by atoms with van der Waals surface area (Å²) in [6, 6.07) is 1.54. The molecule has 0 fully saturated rings. The Balaban J connectivity index is 3.22. The smallest absolute Gasteiger partial charge is 0.376 e. The summed E-state index contributed by atoms with van der Waals surface area (Å²) in [5, 5.41) is 9.12. The molecule has 1 rings (SSSR count). The van der Waals surface area contributed by atoms with Gasteiger partial charge in [0.15, 0.2) is 17.2 Å². The van der Waals surface area contributed by atoms with Crippen molar-refractivity contribution in [2.24, 2.45) is 0 Å². The van der Waals surface area contributed by atoms with E-state index in [9.17, 15) is 22.0 Å². The second-order valence-electron chi connectivity index (χ2n) is 3.20. The molecular weight excluding hydrogens is 219 g/mol. The number of alkyl halides is 3. The highest BCUT2D eigenvalue weighted by Crippen LogP contribution is 2.38. The van der Waals surface area contributed by atoms with Crippen LogP contribution < -0.4 is 0 Å². The van der Waals surface area contributed by atoms with E-state index in [4.69, 9.17) is 5.11 Å². The molecule has 1 aromatic carbocycles. The fourth-order valence-corrected chi connectivity index (χ4v) is 0.963. The Morgan fingerprint density at radius 1 is 1.07 bits per heavy atom. The first kappa shape index (κ1) is 11.9. The van der Waals surface area contributed by atoms with Gasteiger partial charge in [0.1, 0.15) is 0 Å². The van der Waals surface area contributed by atoms with Gasteiger partial charge in [-0.05, 0) is 24.6 Å². The minimum absolute atomic E-state index is 0.322. The van der Waals surface area contributed by atoms with Crippen LogP contribution in [0.3, 0.4) is 0 Å². The van der Waals surface area contributed by atoms with Crippen molar-refractivity contribution in [2.75, 3.05) is 0 Å². The van der Waals surface area contributed by atoms with Gasteiger partial charge >= 0.3 is 6.18 Å². The Labute approximate surface area is 82.1 Å². The van der Waals surface area contributed by atoms with Gasteiger partial charge in [-0.1, -0.05) is 6.07 Å². The van der Waals surface area contributed by atoms with E-state index in [2.05, 4.69) is 0 Å². The third-order valence-corrected chi connectivity index (χ3v) is 2.03. The van der Waals surface area contributed by atoms with Gasteiger partial charge in [-0.15, -0.1) is 0 Å². The van der Waals surface area contributed by atoms with Crippen LogP contribution in [-0.2, 0) is 5.60 Å². The van der Waals surface area contributed by atoms with Crippen LogP contribution in [0.1, 0.15) is 12.5 Å². The lowest BCUT2D eigenvalue weighted by molar-refractivity contribution is -0.258. The minimum atomic E-state index is -4.95. The Kier molecular flexibility index (Phi) is 2.73. The number of rotatable bonds is 1. The maximum atomic E-state index is 12.6. The Morgan fingerprint density at radius 2 is 1.60 bits per heavy atom. The van der Waals surface area contributed by atoms with Crippen molar-refractivity contribution >= 4 is 0 Å². The van der Waals surface area contributed by atoms with Gasteiger partial charge in [0.05, 0.1) is 0 Å². The number of hydrogen-bond acceptors (Lipinski definition) is 1. The van der Waals surface area contributed by atoms with Crippen molar-refractivity contribution in [2.45, 2.75) is 18.7 Å². The van der Waals surface area contributed by atoms with Gasteiger partial charge in [-0.2, -0.15) is 13.2 Å². The van der Waals surface area contributed by atoms with E-state index in [0.29, 0.717) is 25.1 Å². The van der Waals surface area contributed by atoms with E-state index in [-0.39, 0.29) is 0 Å². The molecule has 1 unspecified atom stereocenters. The third kappa shape index (κ3) is 2.09. The molecule has 0 aliphatic carbocycles. The van der Waals surface area contributed by atoms with Crippen LogP contribution in [0.15, 0.2) is 18.2 Å². The standard InChI is InChI=1S/C9H7F5O/c1-8(15,9(12,13)14)5-2-3-6(10)7(11)4-5/h2-4,15H,1H3. The second-order valence-corrected chi connectivity index (χ2v) is 3.20. The highest BCUT2D eigenvalue weighted by Gasteiger charge is 2.51. The largest absolute Gasteiger partial charge is 0.421 e. The van der Waals surface area contributed by atoms with Crippen LogP contribution in [0.2, 0.25) is 0 Å². The molecule has 1 atom stereocenters. The molecule has 1 N–H and O–H groups in total. The van der Waals surface area contributed by atoms with Gasteiger partial charge in [0, 0.05) is 0 Å². The molecule has 0 saturated carbocycles. The summed E-state index contributed by atoms with van der Waals surface area (Å²) in [5.41, 5.74) is -3.93. The molecule has 0 amide bonds. The number of hydrogen-bond donors (Lipinski definition) is 1. The Bertz CT molecular complexity index is 369.